The number of para-hydroxylation sites is 1. The molecule has 1 N–H and O–H groups in total. The Hall–Kier alpha value is -2.34. The number of likely N-dealkylation sites (tertiary alicyclic amines) is 1. The van der Waals surface area contributed by atoms with Gasteiger partial charge >= 0.3 is 0 Å². The summed E-state index contributed by atoms with van der Waals surface area (Å²) in [5.74, 6) is 1.79. The average molecular weight is 357 g/mol. The quantitative estimate of drug-likeness (QED) is 0.863. The molecule has 3 rings (SSSR count). The first-order chi connectivity index (χ1) is 12.5. The molecule has 0 unspecified atom stereocenters. The molecule has 6 nitrogen and oxygen atoms in total. The molecule has 1 aliphatic rings. The van der Waals surface area contributed by atoms with Crippen molar-refractivity contribution in [3.63, 3.8) is 0 Å². The molecule has 26 heavy (non-hydrogen) atoms. The molecule has 1 aliphatic heterocycles. The first kappa shape index (κ1) is 18.5. The van der Waals surface area contributed by atoms with Gasteiger partial charge in [0.25, 0.3) is 0 Å². The van der Waals surface area contributed by atoms with Gasteiger partial charge in [-0.05, 0) is 31.9 Å². The minimum atomic E-state index is -0.0579. The highest BCUT2D eigenvalue weighted by molar-refractivity contribution is 5.77. The van der Waals surface area contributed by atoms with Gasteiger partial charge in [0.2, 0.25) is 5.91 Å². The molecule has 0 saturated carbocycles. The van der Waals surface area contributed by atoms with E-state index in [1.807, 2.05) is 43.0 Å². The number of aromatic amines is 1. The van der Waals surface area contributed by atoms with E-state index in [9.17, 15) is 4.79 Å². The van der Waals surface area contributed by atoms with Crippen LogP contribution in [0, 0.1) is 13.8 Å². The maximum Gasteiger partial charge on any atom is 0.223 e. The molecule has 0 bridgehead atoms. The van der Waals surface area contributed by atoms with Gasteiger partial charge in [-0.25, -0.2) is 4.98 Å². The molecule has 2 aromatic rings. The highest BCUT2D eigenvalue weighted by Gasteiger charge is 2.37. The summed E-state index contributed by atoms with van der Waals surface area (Å²) < 4.78 is 10.9. The van der Waals surface area contributed by atoms with Gasteiger partial charge < -0.3 is 19.4 Å². The first-order valence-electron chi connectivity index (χ1n) is 9.00. The molecule has 1 amide bonds. The SMILES string of the molecule is COc1ccccc1CCC(=O)N1C[C@H](OC)C[C@H]1c1nc(C)c(C)[nH]1. The molecule has 1 fully saturated rings. The zero-order valence-corrected chi connectivity index (χ0v) is 15.9. The van der Waals surface area contributed by atoms with Gasteiger partial charge in [-0.2, -0.15) is 0 Å². The molecule has 6 heteroatoms. The molecule has 1 saturated heterocycles. The Morgan fingerprint density at radius 2 is 2.08 bits per heavy atom. The highest BCUT2D eigenvalue weighted by atomic mass is 16.5. The number of benzene rings is 1. The monoisotopic (exact) mass is 357 g/mol. The normalized spacial score (nSPS) is 19.8. The summed E-state index contributed by atoms with van der Waals surface area (Å²) in [7, 11) is 3.35. The maximum absolute atomic E-state index is 12.9. The van der Waals surface area contributed by atoms with Crippen LogP contribution in [0.15, 0.2) is 24.3 Å². The van der Waals surface area contributed by atoms with Crippen LogP contribution in [0.25, 0.3) is 0 Å². The molecular weight excluding hydrogens is 330 g/mol. The Bertz CT molecular complexity index is 752. The number of carbonyl (C=O) groups is 1. The second kappa shape index (κ2) is 7.91. The third-order valence-electron chi connectivity index (χ3n) is 5.18. The van der Waals surface area contributed by atoms with Crippen molar-refractivity contribution in [2.75, 3.05) is 20.8 Å². The molecule has 2 heterocycles. The molecule has 1 aromatic heterocycles. The Labute approximate surface area is 154 Å². The summed E-state index contributed by atoms with van der Waals surface area (Å²) in [5, 5.41) is 0. The van der Waals surface area contributed by atoms with Gasteiger partial charge in [-0.15, -0.1) is 0 Å². The smallest absolute Gasteiger partial charge is 0.223 e. The van der Waals surface area contributed by atoms with Crippen molar-refractivity contribution in [2.45, 2.75) is 45.3 Å². The number of nitrogens with zero attached hydrogens (tertiary/aromatic N) is 2. The number of ether oxygens (including phenoxy) is 2. The van der Waals surface area contributed by atoms with E-state index in [1.165, 1.54) is 0 Å². The minimum Gasteiger partial charge on any atom is -0.496 e. The van der Waals surface area contributed by atoms with Gasteiger partial charge in [0.15, 0.2) is 0 Å². The summed E-state index contributed by atoms with van der Waals surface area (Å²) >= 11 is 0. The van der Waals surface area contributed by atoms with E-state index in [1.54, 1.807) is 14.2 Å². The molecule has 0 aliphatic carbocycles. The van der Waals surface area contributed by atoms with Gasteiger partial charge in [0, 0.05) is 32.2 Å². The van der Waals surface area contributed by atoms with Crippen molar-refractivity contribution in [1.29, 1.82) is 0 Å². The standard InChI is InChI=1S/C20H27N3O3/c1-13-14(2)22-20(21-13)17-11-16(25-3)12-23(17)19(24)10-9-15-7-5-6-8-18(15)26-4/h5-8,16-17H,9-12H2,1-4H3,(H,21,22)/t16-,17+/m1/s1. The van der Waals surface area contributed by atoms with Crippen molar-refractivity contribution in [2.24, 2.45) is 0 Å². The van der Waals surface area contributed by atoms with Crippen molar-refractivity contribution >= 4 is 5.91 Å². The maximum atomic E-state index is 12.9. The van der Waals surface area contributed by atoms with Crippen LogP contribution in [0.3, 0.4) is 0 Å². The van der Waals surface area contributed by atoms with E-state index in [-0.39, 0.29) is 18.1 Å². The lowest BCUT2D eigenvalue weighted by Gasteiger charge is -2.23. The van der Waals surface area contributed by atoms with Crippen LogP contribution in [-0.4, -0.2) is 47.6 Å². The minimum absolute atomic E-state index is 0.0425. The van der Waals surface area contributed by atoms with E-state index in [0.717, 1.165) is 34.9 Å². The topological polar surface area (TPSA) is 67.4 Å². The lowest BCUT2D eigenvalue weighted by Crippen LogP contribution is -2.32. The molecular formula is C20H27N3O3. The molecule has 0 spiro atoms. The first-order valence-corrected chi connectivity index (χ1v) is 9.00. The zero-order chi connectivity index (χ0) is 18.7. The largest absolute Gasteiger partial charge is 0.496 e. The summed E-state index contributed by atoms with van der Waals surface area (Å²) in [4.78, 5) is 22.8. The fraction of sp³-hybridized carbons (Fsp3) is 0.500. The summed E-state index contributed by atoms with van der Waals surface area (Å²) in [6, 6.07) is 7.78. The third-order valence-corrected chi connectivity index (χ3v) is 5.18. The number of rotatable bonds is 6. The number of carbonyl (C=O) groups excluding carboxylic acids is 1. The lowest BCUT2D eigenvalue weighted by atomic mass is 10.1. The summed E-state index contributed by atoms with van der Waals surface area (Å²) in [5.41, 5.74) is 3.07. The third kappa shape index (κ3) is 3.75. The predicted octanol–water partition coefficient (Wildman–Crippen LogP) is 2.96. The second-order valence-corrected chi connectivity index (χ2v) is 6.80. The second-order valence-electron chi connectivity index (χ2n) is 6.80. The van der Waals surface area contributed by atoms with Crippen molar-refractivity contribution in [3.05, 3.63) is 47.0 Å². The molecule has 2 atom stereocenters. The van der Waals surface area contributed by atoms with E-state index in [0.29, 0.717) is 19.4 Å². The van der Waals surface area contributed by atoms with E-state index >= 15 is 0 Å². The van der Waals surface area contributed by atoms with Gasteiger partial charge in [-0.1, -0.05) is 18.2 Å². The van der Waals surface area contributed by atoms with Gasteiger partial charge in [-0.3, -0.25) is 4.79 Å². The molecule has 1 aromatic carbocycles. The Morgan fingerprint density at radius 3 is 2.73 bits per heavy atom. The van der Waals surface area contributed by atoms with Crippen molar-refractivity contribution < 1.29 is 14.3 Å². The number of hydrogen-bond donors (Lipinski definition) is 1. The van der Waals surface area contributed by atoms with Crippen molar-refractivity contribution in [3.8, 4) is 5.75 Å². The van der Waals surface area contributed by atoms with Gasteiger partial charge in [0.05, 0.1) is 24.9 Å². The fourth-order valence-electron chi connectivity index (χ4n) is 3.53. The Morgan fingerprint density at radius 1 is 1.31 bits per heavy atom. The number of aryl methyl sites for hydroxylation is 3. The molecule has 140 valence electrons. The number of aromatic nitrogens is 2. The Kier molecular flexibility index (Phi) is 5.61. The van der Waals surface area contributed by atoms with Crippen LogP contribution < -0.4 is 4.74 Å². The number of H-pyrrole nitrogens is 1. The van der Waals surface area contributed by atoms with Gasteiger partial charge in [0.1, 0.15) is 11.6 Å². The number of hydrogen-bond acceptors (Lipinski definition) is 4. The van der Waals surface area contributed by atoms with Crippen LogP contribution in [0.4, 0.5) is 0 Å². The zero-order valence-electron chi connectivity index (χ0n) is 15.9. The van der Waals surface area contributed by atoms with Crippen molar-refractivity contribution in [1.82, 2.24) is 14.9 Å². The fourth-order valence-corrected chi connectivity index (χ4v) is 3.53. The number of methoxy groups -OCH3 is 2. The van der Waals surface area contributed by atoms with Crippen LogP contribution in [-0.2, 0) is 16.0 Å². The van der Waals surface area contributed by atoms with E-state index < -0.39 is 0 Å². The lowest BCUT2D eigenvalue weighted by molar-refractivity contribution is -0.132. The summed E-state index contributed by atoms with van der Waals surface area (Å²) in [6.07, 6.45) is 1.90. The highest BCUT2D eigenvalue weighted by Crippen LogP contribution is 2.33. The Balaban J connectivity index is 1.73. The van der Waals surface area contributed by atoms with Crippen LogP contribution in [0.5, 0.6) is 5.75 Å². The van der Waals surface area contributed by atoms with E-state index in [4.69, 9.17) is 9.47 Å². The van der Waals surface area contributed by atoms with E-state index in [2.05, 4.69) is 9.97 Å². The summed E-state index contributed by atoms with van der Waals surface area (Å²) in [6.45, 7) is 4.58. The number of nitrogens with one attached hydrogen (secondary N) is 1. The van der Waals surface area contributed by atoms with Crippen LogP contribution in [0.2, 0.25) is 0 Å². The van der Waals surface area contributed by atoms with Crippen LogP contribution in [0.1, 0.15) is 41.7 Å². The average Bonchev–Trinajstić information content (AvgIpc) is 3.23. The number of amides is 1. The van der Waals surface area contributed by atoms with Crippen LogP contribution >= 0.6 is 0 Å². The molecule has 0 radical (unpaired) electrons. The predicted molar refractivity (Wildman–Crippen MR) is 99.2 cm³/mol. The number of imidazole rings is 1.